The molecule has 6 rings (SSSR count). The Bertz CT molecular complexity index is 3170. The monoisotopic (exact) mass is 970 g/mol. The molecule has 17 nitrogen and oxygen atoms in total. The minimum absolute atomic E-state index is 0.0376. The number of aromatic hydroxyl groups is 1. The summed E-state index contributed by atoms with van der Waals surface area (Å²) in [5.74, 6) is -1.90. The molecule has 67 heavy (non-hydrogen) atoms. The molecule has 0 heterocycles. The van der Waals surface area contributed by atoms with Crippen LogP contribution in [0.1, 0.15) is 47.4 Å². The summed E-state index contributed by atoms with van der Waals surface area (Å²) >= 11 is 0. The van der Waals surface area contributed by atoms with E-state index in [1.807, 2.05) is 0 Å². The predicted molar refractivity (Wildman–Crippen MR) is 259 cm³/mol. The Morgan fingerprint density at radius 2 is 0.866 bits per heavy atom. The summed E-state index contributed by atoms with van der Waals surface area (Å²) in [5.41, 5.74) is 1.38. The molecule has 352 valence electrons. The normalized spacial score (nSPS) is 11.9. The van der Waals surface area contributed by atoms with Crippen molar-refractivity contribution in [2.24, 2.45) is 0 Å². The molecule has 20 heteroatoms. The number of phenolic OH excluding ortho intramolecular Hbond substituents is 1. The van der Waals surface area contributed by atoms with Gasteiger partial charge in [0.15, 0.2) is 9.84 Å². The third-order valence-corrected chi connectivity index (χ3v) is 15.8. The highest BCUT2D eigenvalue weighted by Crippen LogP contribution is 2.46. The maximum absolute atomic E-state index is 14.9. The molecule has 5 N–H and O–H groups in total. The number of nitrogens with zero attached hydrogens (tertiary/aromatic N) is 2. The summed E-state index contributed by atoms with van der Waals surface area (Å²) in [7, 11) is -10.8. The molecule has 4 amide bonds. The van der Waals surface area contributed by atoms with E-state index in [0.717, 1.165) is 27.0 Å². The second kappa shape index (κ2) is 19.4. The smallest absolute Gasteiger partial charge is 0.264 e. The quantitative estimate of drug-likeness (QED) is 0.0412. The Morgan fingerprint density at radius 1 is 0.522 bits per heavy atom. The highest BCUT2D eigenvalue weighted by atomic mass is 32.2. The molecule has 0 fully saturated rings. The number of phenols is 1. The van der Waals surface area contributed by atoms with Gasteiger partial charge in [-0.25, -0.2) is 25.3 Å². The van der Waals surface area contributed by atoms with Gasteiger partial charge in [0.2, 0.25) is 11.8 Å². The van der Waals surface area contributed by atoms with Crippen molar-refractivity contribution in [1.29, 1.82) is 0 Å². The van der Waals surface area contributed by atoms with Crippen LogP contribution in [0.3, 0.4) is 0 Å². The van der Waals surface area contributed by atoms with E-state index in [1.54, 1.807) is 13.8 Å². The van der Waals surface area contributed by atoms with Crippen LogP contribution in [0.2, 0.25) is 0 Å². The van der Waals surface area contributed by atoms with E-state index in [4.69, 9.17) is 0 Å². The molecule has 0 unspecified atom stereocenters. The van der Waals surface area contributed by atoms with E-state index < -0.39 is 57.2 Å². The van der Waals surface area contributed by atoms with Gasteiger partial charge in [-0.15, -0.1) is 0 Å². The molecule has 0 aliphatic heterocycles. The Balaban J connectivity index is 1.37. The SMILES string of the molecule is C=C(C)C(=O)NCCCNC(=O)c1ccc(N(C)S(=O)(=O)c2cc(S(=O)(=O)N(C)c3ccc(C(=O)NCCCNC(=O)C(=C)C)cc3)c3ccc4c(S(C)(=O)=O)cc(O)c5ccc2c3c54)cc1. The number of amides is 4. The topological polar surface area (TPSA) is 246 Å². The summed E-state index contributed by atoms with van der Waals surface area (Å²) < 4.78 is 87.4. The first-order valence-electron chi connectivity index (χ1n) is 20.8. The highest BCUT2D eigenvalue weighted by molar-refractivity contribution is 7.94. The maximum Gasteiger partial charge on any atom is 0.264 e. The molecule has 6 aromatic rings. The molecule has 0 atom stereocenters. The number of rotatable bonds is 19. The lowest BCUT2D eigenvalue weighted by atomic mass is 9.94. The van der Waals surface area contributed by atoms with E-state index in [0.29, 0.717) is 37.1 Å². The summed E-state index contributed by atoms with van der Waals surface area (Å²) in [5, 5.41) is 22.5. The van der Waals surface area contributed by atoms with Gasteiger partial charge >= 0.3 is 0 Å². The lowest BCUT2D eigenvalue weighted by Gasteiger charge is -2.25. The van der Waals surface area contributed by atoms with Gasteiger partial charge in [0.05, 0.1) is 26.1 Å². The van der Waals surface area contributed by atoms with Gasteiger partial charge in [0.1, 0.15) is 5.75 Å². The van der Waals surface area contributed by atoms with Gasteiger partial charge in [-0.05, 0) is 93.4 Å². The molecule has 0 spiro atoms. The van der Waals surface area contributed by atoms with Crippen molar-refractivity contribution in [2.75, 3.05) is 55.1 Å². The summed E-state index contributed by atoms with van der Waals surface area (Å²) in [6.45, 7) is 11.4. The molecule has 0 bridgehead atoms. The first-order chi connectivity index (χ1) is 31.5. The van der Waals surface area contributed by atoms with Crippen LogP contribution in [0.4, 0.5) is 11.4 Å². The summed E-state index contributed by atoms with van der Waals surface area (Å²) in [6, 6.07) is 19.1. The molecular weight excluding hydrogens is 921 g/mol. The minimum atomic E-state index is -4.68. The molecule has 0 aromatic heterocycles. The van der Waals surface area contributed by atoms with E-state index in [-0.39, 0.29) is 84.6 Å². The van der Waals surface area contributed by atoms with Crippen LogP contribution in [0.15, 0.2) is 124 Å². The van der Waals surface area contributed by atoms with Gasteiger partial charge in [0.25, 0.3) is 31.9 Å². The molecular formula is C47H50N6O11S3. The van der Waals surface area contributed by atoms with Gasteiger partial charge in [-0.3, -0.25) is 27.8 Å². The van der Waals surface area contributed by atoms with E-state index in [9.17, 15) is 49.5 Å². The summed E-state index contributed by atoms with van der Waals surface area (Å²) in [4.78, 5) is 48.1. The number of benzene rings is 6. The number of nitrogens with one attached hydrogen (secondary N) is 4. The fourth-order valence-corrected chi connectivity index (χ4v) is 11.1. The molecule has 0 aliphatic rings. The van der Waals surface area contributed by atoms with E-state index in [1.165, 1.54) is 86.9 Å². The van der Waals surface area contributed by atoms with Crippen LogP contribution in [0.25, 0.3) is 32.3 Å². The van der Waals surface area contributed by atoms with Crippen molar-refractivity contribution < 1.29 is 49.5 Å². The van der Waals surface area contributed by atoms with Crippen molar-refractivity contribution in [3.8, 4) is 5.75 Å². The average Bonchev–Trinajstić information content (AvgIpc) is 3.29. The van der Waals surface area contributed by atoms with Crippen molar-refractivity contribution >= 4 is 97.2 Å². The average molecular weight is 971 g/mol. The van der Waals surface area contributed by atoms with Crippen LogP contribution in [0, 0.1) is 0 Å². The lowest BCUT2D eigenvalue weighted by Crippen LogP contribution is -2.30. The Kier molecular flexibility index (Phi) is 14.3. The molecule has 0 saturated carbocycles. The first kappa shape index (κ1) is 49.4. The van der Waals surface area contributed by atoms with E-state index in [2.05, 4.69) is 34.4 Å². The van der Waals surface area contributed by atoms with Crippen molar-refractivity contribution in [3.05, 3.63) is 120 Å². The standard InChI is InChI=1S/C47H50N6O11S3/c1-28(2)44(55)48-22-8-24-50-46(57)30-10-14-32(15-11-30)52(5)66(61,62)40-27-41(37-21-20-35-39(65(7,59)60)26-38(54)34-18-19-36(40)43(37)42(34)35)67(63,64)53(6)33-16-12-31(13-17-33)47(58)51-25-9-23-49-45(56)29(3)4/h10-21,26-27,54H,1,3,8-9,22-25H2,2,4-7H3,(H,48,55)(H,49,56)(H,50,57)(H,51,58). The predicted octanol–water partition coefficient (Wildman–Crippen LogP) is 4.97. The fraction of sp³-hybridized carbons (Fsp3) is 0.234. The fourth-order valence-electron chi connectivity index (χ4n) is 7.32. The number of carbonyl (C=O) groups excluding carboxylic acids is 4. The Morgan fingerprint density at radius 3 is 1.24 bits per heavy atom. The zero-order valence-electron chi connectivity index (χ0n) is 37.4. The van der Waals surface area contributed by atoms with E-state index >= 15 is 0 Å². The highest BCUT2D eigenvalue weighted by Gasteiger charge is 2.33. The molecule has 6 aromatic carbocycles. The van der Waals surface area contributed by atoms with Crippen molar-refractivity contribution in [3.63, 3.8) is 0 Å². The number of sulfone groups is 1. The third kappa shape index (κ3) is 10.2. The Hall–Kier alpha value is -7.03. The minimum Gasteiger partial charge on any atom is -0.507 e. The van der Waals surface area contributed by atoms with Crippen molar-refractivity contribution in [2.45, 2.75) is 41.4 Å². The number of anilines is 2. The number of sulfonamides is 2. The zero-order chi connectivity index (χ0) is 49.2. The number of hydrogen-bond acceptors (Lipinski definition) is 11. The number of carbonyl (C=O) groups is 4. The van der Waals surface area contributed by atoms with Crippen LogP contribution >= 0.6 is 0 Å². The van der Waals surface area contributed by atoms with Crippen LogP contribution in [0.5, 0.6) is 5.75 Å². The van der Waals surface area contributed by atoms with Gasteiger partial charge in [-0.1, -0.05) is 31.4 Å². The van der Waals surface area contributed by atoms with Crippen molar-refractivity contribution in [1.82, 2.24) is 21.3 Å². The second-order valence-corrected chi connectivity index (χ2v) is 21.8. The van der Waals surface area contributed by atoms with Gasteiger partial charge in [-0.2, -0.15) is 0 Å². The molecule has 0 aliphatic carbocycles. The first-order valence-corrected chi connectivity index (χ1v) is 25.5. The van der Waals surface area contributed by atoms with Crippen LogP contribution in [-0.4, -0.2) is 101 Å². The zero-order valence-corrected chi connectivity index (χ0v) is 39.8. The Labute approximate surface area is 388 Å². The van der Waals surface area contributed by atoms with Crippen LogP contribution in [-0.2, 0) is 39.5 Å². The second-order valence-electron chi connectivity index (χ2n) is 15.9. The lowest BCUT2D eigenvalue weighted by molar-refractivity contribution is -0.118. The van der Waals surface area contributed by atoms with Crippen LogP contribution < -0.4 is 29.9 Å². The molecule has 0 radical (unpaired) electrons. The van der Waals surface area contributed by atoms with Gasteiger partial charge in [0, 0.05) is 101 Å². The largest absolute Gasteiger partial charge is 0.507 e. The maximum atomic E-state index is 14.9. The third-order valence-electron chi connectivity index (χ3n) is 11.1. The number of hydrogen-bond donors (Lipinski definition) is 5. The summed E-state index contributed by atoms with van der Waals surface area (Å²) in [6.07, 6.45) is 1.84. The van der Waals surface area contributed by atoms with Gasteiger partial charge < -0.3 is 26.4 Å². The molecule has 0 saturated heterocycles.